The molecule has 0 N–H and O–H groups in total. The Hall–Kier alpha value is -0.880. The summed E-state index contributed by atoms with van der Waals surface area (Å²) < 4.78 is 33.6. The smallest absolute Gasteiger partial charge is 0.244 e. The molecule has 0 spiro atoms. The summed E-state index contributed by atoms with van der Waals surface area (Å²) in [6, 6.07) is 0. The lowest BCUT2D eigenvalue weighted by molar-refractivity contribution is -0.671. The molecule has 0 saturated heterocycles. The molecule has 62 valence electrons. The summed E-state index contributed by atoms with van der Waals surface area (Å²) in [7, 11) is -2.42. The van der Waals surface area contributed by atoms with E-state index >= 15 is 0 Å². The molecule has 11 heavy (non-hydrogen) atoms. The van der Waals surface area contributed by atoms with Gasteiger partial charge in [-0.1, -0.05) is 0 Å². The molecule has 0 aliphatic carbocycles. The number of imidazole rings is 1. The van der Waals surface area contributed by atoms with Crippen LogP contribution in [0.25, 0.3) is 0 Å². The first kappa shape index (κ1) is 8.22. The van der Waals surface area contributed by atoms with E-state index in [1.165, 1.54) is 17.1 Å². The van der Waals surface area contributed by atoms with Gasteiger partial charge in [0.25, 0.3) is 0 Å². The van der Waals surface area contributed by atoms with Crippen molar-refractivity contribution in [1.82, 2.24) is 4.57 Å². The number of hydrogen-bond acceptors (Lipinski definition) is 3. The largest absolute Gasteiger partial charge is 0.745 e. The molecule has 1 heterocycles. The molecular formula is C5H8N2O3S. The molecule has 1 aromatic rings. The average Bonchev–Trinajstić information content (AvgIpc) is 2.10. The average molecular weight is 176 g/mol. The van der Waals surface area contributed by atoms with E-state index in [0.717, 1.165) is 0 Å². The van der Waals surface area contributed by atoms with Crippen molar-refractivity contribution in [1.29, 1.82) is 0 Å². The van der Waals surface area contributed by atoms with Crippen molar-refractivity contribution in [3.63, 3.8) is 0 Å². The number of aryl methyl sites for hydroxylation is 1. The van der Waals surface area contributed by atoms with Gasteiger partial charge in [-0.3, -0.25) is 0 Å². The Bertz CT molecular complexity index is 340. The van der Waals surface area contributed by atoms with Crippen LogP contribution in [0.15, 0.2) is 18.7 Å². The van der Waals surface area contributed by atoms with Gasteiger partial charge in [-0.05, 0) is 0 Å². The molecule has 0 amide bonds. The van der Waals surface area contributed by atoms with Crippen LogP contribution in [0.5, 0.6) is 0 Å². The van der Waals surface area contributed by atoms with Crippen molar-refractivity contribution in [2.75, 3.05) is 0 Å². The van der Waals surface area contributed by atoms with Gasteiger partial charge in [-0.2, -0.15) is 0 Å². The second kappa shape index (κ2) is 2.63. The van der Waals surface area contributed by atoms with Gasteiger partial charge in [-0.15, -0.1) is 0 Å². The van der Waals surface area contributed by atoms with E-state index in [0.29, 0.717) is 0 Å². The Morgan fingerprint density at radius 3 is 2.64 bits per heavy atom. The van der Waals surface area contributed by atoms with Gasteiger partial charge >= 0.3 is 0 Å². The molecule has 0 aliphatic rings. The predicted molar refractivity (Wildman–Crippen MR) is 35.3 cm³/mol. The lowest BCUT2D eigenvalue weighted by Gasteiger charge is -2.01. The van der Waals surface area contributed by atoms with Gasteiger partial charge in [0, 0.05) is 0 Å². The van der Waals surface area contributed by atoms with Crippen LogP contribution in [0.4, 0.5) is 0 Å². The van der Waals surface area contributed by atoms with Crippen molar-refractivity contribution >= 4 is 10.1 Å². The zero-order chi connectivity index (χ0) is 8.48. The van der Waals surface area contributed by atoms with E-state index in [1.54, 1.807) is 17.8 Å². The summed E-state index contributed by atoms with van der Waals surface area (Å²) in [5.41, 5.74) is 0. The highest BCUT2D eigenvalue weighted by molar-refractivity contribution is 7.84. The number of aromatic nitrogens is 2. The first-order valence-corrected chi connectivity index (χ1v) is 4.50. The fourth-order valence-corrected chi connectivity index (χ4v) is 1.28. The third-order valence-electron chi connectivity index (χ3n) is 1.13. The van der Waals surface area contributed by atoms with Crippen LogP contribution in [-0.2, 0) is 23.0 Å². The van der Waals surface area contributed by atoms with Gasteiger partial charge in [0.1, 0.15) is 22.5 Å². The molecule has 1 rings (SSSR count). The standard InChI is InChI=1S/C5H8N2O3S/c1-6-2-3-7(4-6)5-11(8,9)10/h2-4H,5H2,1H3. The normalized spacial score (nSPS) is 11.8. The second-order valence-corrected chi connectivity index (χ2v) is 3.65. The summed E-state index contributed by atoms with van der Waals surface area (Å²) in [5, 5.41) is 0. The highest BCUT2D eigenvalue weighted by atomic mass is 32.2. The van der Waals surface area contributed by atoms with Crippen LogP contribution in [0.2, 0.25) is 0 Å². The van der Waals surface area contributed by atoms with Crippen molar-refractivity contribution in [2.45, 2.75) is 5.88 Å². The molecule has 0 fully saturated rings. The van der Waals surface area contributed by atoms with Crippen LogP contribution in [0.3, 0.4) is 0 Å². The van der Waals surface area contributed by atoms with Crippen molar-refractivity contribution in [2.24, 2.45) is 7.05 Å². The second-order valence-electron chi connectivity index (χ2n) is 2.28. The molecule has 5 nitrogen and oxygen atoms in total. The quantitative estimate of drug-likeness (QED) is 0.420. The van der Waals surface area contributed by atoms with E-state index in [2.05, 4.69) is 0 Å². The topological polar surface area (TPSA) is 66.0 Å². The molecule has 0 atom stereocenters. The summed E-state index contributed by atoms with van der Waals surface area (Å²) in [4.78, 5) is 0. The van der Waals surface area contributed by atoms with Crippen molar-refractivity contribution in [3.8, 4) is 0 Å². The summed E-state index contributed by atoms with van der Waals surface area (Å²) in [5.74, 6) is -0.506. The molecule has 0 radical (unpaired) electrons. The third-order valence-corrected chi connectivity index (χ3v) is 1.75. The van der Waals surface area contributed by atoms with Crippen molar-refractivity contribution in [3.05, 3.63) is 18.7 Å². The van der Waals surface area contributed by atoms with Crippen LogP contribution in [0.1, 0.15) is 0 Å². The fraction of sp³-hybridized carbons (Fsp3) is 0.400. The monoisotopic (exact) mass is 176 g/mol. The first-order chi connectivity index (χ1) is 4.97. The van der Waals surface area contributed by atoms with Crippen LogP contribution in [-0.4, -0.2) is 17.5 Å². The Kier molecular flexibility index (Phi) is 1.97. The predicted octanol–water partition coefficient (Wildman–Crippen LogP) is -1.18. The number of nitrogens with zero attached hydrogens (tertiary/aromatic N) is 2. The molecule has 0 aromatic carbocycles. The summed E-state index contributed by atoms with van der Waals surface area (Å²) in [6.45, 7) is 0. The molecule has 0 aliphatic heterocycles. The molecule has 0 unspecified atom stereocenters. The lowest BCUT2D eigenvalue weighted by Crippen LogP contribution is -2.24. The Morgan fingerprint density at radius 2 is 2.27 bits per heavy atom. The van der Waals surface area contributed by atoms with Gasteiger partial charge in [0.2, 0.25) is 6.33 Å². The lowest BCUT2D eigenvalue weighted by atomic mass is 10.9. The first-order valence-electron chi connectivity index (χ1n) is 2.92. The van der Waals surface area contributed by atoms with Gasteiger partial charge < -0.3 is 4.55 Å². The molecule has 0 saturated carbocycles. The minimum Gasteiger partial charge on any atom is -0.745 e. The maximum Gasteiger partial charge on any atom is 0.244 e. The molecule has 6 heteroatoms. The van der Waals surface area contributed by atoms with E-state index in [-0.39, 0.29) is 0 Å². The third kappa shape index (κ3) is 2.69. The minimum absolute atomic E-state index is 0.506. The van der Waals surface area contributed by atoms with E-state index in [1.807, 2.05) is 0 Å². The Morgan fingerprint density at radius 1 is 1.64 bits per heavy atom. The summed E-state index contributed by atoms with van der Waals surface area (Å²) in [6.07, 6.45) is 4.70. The van der Waals surface area contributed by atoms with Crippen LogP contribution in [0, 0.1) is 0 Å². The Labute approximate surface area is 64.6 Å². The minimum atomic E-state index is -4.16. The zero-order valence-corrected chi connectivity index (χ0v) is 6.78. The molecule has 1 aromatic heterocycles. The van der Waals surface area contributed by atoms with E-state index in [9.17, 15) is 13.0 Å². The van der Waals surface area contributed by atoms with Crippen molar-refractivity contribution < 1.29 is 17.5 Å². The van der Waals surface area contributed by atoms with E-state index < -0.39 is 16.0 Å². The SMILES string of the molecule is C[n+]1ccn(CS(=O)(=O)[O-])c1. The highest BCUT2D eigenvalue weighted by Crippen LogP contribution is 1.89. The molecular weight excluding hydrogens is 168 g/mol. The zero-order valence-electron chi connectivity index (χ0n) is 5.97. The fourth-order valence-electron chi connectivity index (χ4n) is 0.761. The summed E-state index contributed by atoms with van der Waals surface area (Å²) >= 11 is 0. The number of hydrogen-bond donors (Lipinski definition) is 0. The maximum absolute atomic E-state index is 10.2. The molecule has 0 bridgehead atoms. The van der Waals surface area contributed by atoms with Gasteiger partial charge in [0.05, 0.1) is 7.05 Å². The van der Waals surface area contributed by atoms with Gasteiger partial charge in [-0.25, -0.2) is 17.6 Å². The number of rotatable bonds is 2. The highest BCUT2D eigenvalue weighted by Gasteiger charge is 2.03. The van der Waals surface area contributed by atoms with E-state index in [4.69, 9.17) is 0 Å². The van der Waals surface area contributed by atoms with Crippen LogP contribution >= 0.6 is 0 Å². The Balaban J connectivity index is 2.81. The maximum atomic E-state index is 10.2. The van der Waals surface area contributed by atoms with Crippen LogP contribution < -0.4 is 4.57 Å². The van der Waals surface area contributed by atoms with Gasteiger partial charge in [0.15, 0.2) is 5.88 Å².